The van der Waals surface area contributed by atoms with E-state index in [4.69, 9.17) is 0 Å². The first-order valence-electron chi connectivity index (χ1n) is 13.2. The zero-order valence-electron chi connectivity index (χ0n) is 20.1. The first-order valence-corrected chi connectivity index (χ1v) is 13.2. The van der Waals surface area contributed by atoms with Crippen LogP contribution in [0.1, 0.15) is 77.6 Å². The predicted molar refractivity (Wildman–Crippen MR) is 135 cm³/mol. The molecule has 180 valence electrons. The zero-order valence-corrected chi connectivity index (χ0v) is 20.1. The average molecular weight is 460 g/mol. The van der Waals surface area contributed by atoms with E-state index >= 15 is 0 Å². The maximum Gasteiger partial charge on any atom is 0.254 e. The van der Waals surface area contributed by atoms with Crippen LogP contribution in [0.25, 0.3) is 0 Å². The molecule has 1 N–H and O–H groups in total. The smallest absolute Gasteiger partial charge is 0.254 e. The van der Waals surface area contributed by atoms with E-state index in [9.17, 15) is 9.59 Å². The van der Waals surface area contributed by atoms with E-state index in [2.05, 4.69) is 39.4 Å². The van der Waals surface area contributed by atoms with Gasteiger partial charge in [-0.2, -0.15) is 0 Å². The lowest BCUT2D eigenvalue weighted by atomic mass is 9.78. The summed E-state index contributed by atoms with van der Waals surface area (Å²) in [5.74, 6) is 0.774. The molecule has 5 heteroatoms. The molecule has 2 aliphatic heterocycles. The molecule has 5 rings (SSSR count). The zero-order chi connectivity index (χ0) is 23.3. The minimum atomic E-state index is -0.0363. The quantitative estimate of drug-likeness (QED) is 0.694. The number of benzene rings is 2. The molecule has 1 saturated carbocycles. The summed E-state index contributed by atoms with van der Waals surface area (Å²) in [6.45, 7) is 3.82. The van der Waals surface area contributed by atoms with Crippen LogP contribution < -0.4 is 5.32 Å². The summed E-state index contributed by atoms with van der Waals surface area (Å²) >= 11 is 0. The lowest BCUT2D eigenvalue weighted by Crippen LogP contribution is -2.49. The predicted octanol–water partition coefficient (Wildman–Crippen LogP) is 4.88. The number of fused-ring (bicyclic) bond motifs is 1. The fraction of sp³-hybridized carbons (Fsp3) is 0.517. The number of carbonyl (C=O) groups is 2. The van der Waals surface area contributed by atoms with Crippen molar-refractivity contribution in [2.24, 2.45) is 5.92 Å². The molecule has 2 aromatic rings. The molecular formula is C29H37N3O2. The second-order valence-corrected chi connectivity index (χ2v) is 10.3. The van der Waals surface area contributed by atoms with Crippen molar-refractivity contribution in [3.8, 4) is 0 Å². The van der Waals surface area contributed by atoms with Crippen molar-refractivity contribution in [1.82, 2.24) is 15.1 Å². The Morgan fingerprint density at radius 2 is 1.44 bits per heavy atom. The molecule has 2 saturated heterocycles. The fourth-order valence-electron chi connectivity index (χ4n) is 6.15. The molecule has 2 aromatic carbocycles. The van der Waals surface area contributed by atoms with Crippen LogP contribution in [-0.4, -0.2) is 53.3 Å². The molecule has 2 amide bonds. The number of piperidine rings is 2. The van der Waals surface area contributed by atoms with Crippen molar-refractivity contribution in [3.05, 3.63) is 71.3 Å². The lowest BCUT2D eigenvalue weighted by molar-refractivity contribution is 0.0390. The third-order valence-electron chi connectivity index (χ3n) is 8.07. The number of nitrogens with zero attached hydrogens (tertiary/aromatic N) is 2. The van der Waals surface area contributed by atoms with Crippen LogP contribution in [0.3, 0.4) is 0 Å². The number of rotatable bonds is 5. The molecular weight excluding hydrogens is 422 g/mol. The first-order chi connectivity index (χ1) is 16.7. The third kappa shape index (κ3) is 5.35. The van der Waals surface area contributed by atoms with E-state index in [-0.39, 0.29) is 17.9 Å². The van der Waals surface area contributed by atoms with Gasteiger partial charge in [-0.15, -0.1) is 0 Å². The fourth-order valence-corrected chi connectivity index (χ4v) is 6.15. The van der Waals surface area contributed by atoms with Crippen LogP contribution in [0, 0.1) is 5.92 Å². The molecule has 2 heterocycles. The second kappa shape index (κ2) is 10.7. The van der Waals surface area contributed by atoms with Crippen molar-refractivity contribution in [2.75, 3.05) is 19.6 Å². The van der Waals surface area contributed by atoms with Crippen molar-refractivity contribution >= 4 is 11.8 Å². The summed E-state index contributed by atoms with van der Waals surface area (Å²) in [6.07, 6.45) is 9.24. The normalized spacial score (nSPS) is 23.8. The van der Waals surface area contributed by atoms with Gasteiger partial charge in [0.1, 0.15) is 0 Å². The van der Waals surface area contributed by atoms with Gasteiger partial charge in [0.15, 0.2) is 0 Å². The SMILES string of the molecule is O=C(NC1CCN(Cc2ccccc2)CC1)c1ccc(C(=O)N2CCC[C@@H]3CCCC[C@@H]32)cc1. The summed E-state index contributed by atoms with van der Waals surface area (Å²) in [5.41, 5.74) is 2.68. The minimum absolute atomic E-state index is 0.0363. The molecule has 1 aliphatic carbocycles. The highest BCUT2D eigenvalue weighted by atomic mass is 16.2. The van der Waals surface area contributed by atoms with Crippen LogP contribution in [0.2, 0.25) is 0 Å². The van der Waals surface area contributed by atoms with E-state index in [0.29, 0.717) is 23.1 Å². The Bertz CT molecular complexity index is 965. The van der Waals surface area contributed by atoms with Gasteiger partial charge >= 0.3 is 0 Å². The lowest BCUT2D eigenvalue weighted by Gasteiger charge is -2.44. The molecule has 0 aromatic heterocycles. The van der Waals surface area contributed by atoms with Crippen molar-refractivity contribution in [3.63, 3.8) is 0 Å². The molecule has 2 atom stereocenters. The number of hydrogen-bond acceptors (Lipinski definition) is 3. The Morgan fingerprint density at radius 1 is 0.765 bits per heavy atom. The van der Waals surface area contributed by atoms with Gasteiger partial charge in [-0.3, -0.25) is 14.5 Å². The molecule has 0 bridgehead atoms. The summed E-state index contributed by atoms with van der Waals surface area (Å²) in [5, 5.41) is 3.21. The van der Waals surface area contributed by atoms with E-state index in [1.165, 1.54) is 31.2 Å². The maximum absolute atomic E-state index is 13.2. The number of hydrogen-bond donors (Lipinski definition) is 1. The number of amides is 2. The highest BCUT2D eigenvalue weighted by Gasteiger charge is 2.36. The maximum atomic E-state index is 13.2. The standard InChI is InChI=1S/C29H37N3O2/c33-28(30-26-16-19-31(20-17-26)21-22-7-2-1-3-8-22)24-12-14-25(15-13-24)29(34)32-18-6-10-23-9-4-5-11-27(23)32/h1-3,7-8,12-15,23,26-27H,4-6,9-11,16-21H2,(H,30,33)/t23-,27-/m0/s1. The van der Waals surface area contributed by atoms with Crippen molar-refractivity contribution < 1.29 is 9.59 Å². The summed E-state index contributed by atoms with van der Waals surface area (Å²) < 4.78 is 0. The largest absolute Gasteiger partial charge is 0.349 e. The number of carbonyl (C=O) groups excluding carboxylic acids is 2. The van der Waals surface area contributed by atoms with Crippen molar-refractivity contribution in [2.45, 2.75) is 70.0 Å². The monoisotopic (exact) mass is 459 g/mol. The topological polar surface area (TPSA) is 52.7 Å². The number of likely N-dealkylation sites (tertiary alicyclic amines) is 2. The third-order valence-corrected chi connectivity index (χ3v) is 8.07. The van der Waals surface area contributed by atoms with Gasteiger partial charge in [-0.1, -0.05) is 43.2 Å². The molecule has 34 heavy (non-hydrogen) atoms. The highest BCUT2D eigenvalue weighted by Crippen LogP contribution is 2.36. The van der Waals surface area contributed by atoms with Crippen LogP contribution in [-0.2, 0) is 6.54 Å². The van der Waals surface area contributed by atoms with Gasteiger partial charge < -0.3 is 10.2 Å². The molecule has 0 radical (unpaired) electrons. The van der Waals surface area contributed by atoms with Crippen LogP contribution in [0.15, 0.2) is 54.6 Å². The molecule has 0 unspecified atom stereocenters. The Balaban J connectivity index is 1.13. The highest BCUT2D eigenvalue weighted by molar-refractivity contribution is 5.98. The summed E-state index contributed by atoms with van der Waals surface area (Å²) in [6, 6.07) is 18.5. The summed E-state index contributed by atoms with van der Waals surface area (Å²) in [4.78, 5) is 30.6. The van der Waals surface area contributed by atoms with E-state index in [1.807, 2.05) is 30.3 Å². The first kappa shape index (κ1) is 23.1. The van der Waals surface area contributed by atoms with E-state index in [0.717, 1.165) is 51.9 Å². The van der Waals surface area contributed by atoms with E-state index in [1.54, 1.807) is 0 Å². The molecule has 0 spiro atoms. The molecule has 5 nitrogen and oxygen atoms in total. The van der Waals surface area contributed by atoms with Gasteiger partial charge in [-0.05, 0) is 74.3 Å². The van der Waals surface area contributed by atoms with Gasteiger partial charge in [0.25, 0.3) is 11.8 Å². The molecule has 3 aliphatic rings. The van der Waals surface area contributed by atoms with Crippen LogP contribution in [0.5, 0.6) is 0 Å². The Morgan fingerprint density at radius 3 is 2.21 bits per heavy atom. The summed E-state index contributed by atoms with van der Waals surface area (Å²) in [7, 11) is 0. The second-order valence-electron chi connectivity index (χ2n) is 10.3. The Hall–Kier alpha value is -2.66. The van der Waals surface area contributed by atoms with Crippen molar-refractivity contribution in [1.29, 1.82) is 0 Å². The van der Waals surface area contributed by atoms with Gasteiger partial charge in [-0.25, -0.2) is 0 Å². The molecule has 3 fully saturated rings. The van der Waals surface area contributed by atoms with Crippen LogP contribution in [0.4, 0.5) is 0 Å². The Kier molecular flexibility index (Phi) is 7.29. The van der Waals surface area contributed by atoms with Gasteiger partial charge in [0, 0.05) is 49.4 Å². The minimum Gasteiger partial charge on any atom is -0.349 e. The van der Waals surface area contributed by atoms with Crippen LogP contribution >= 0.6 is 0 Å². The average Bonchev–Trinajstić information content (AvgIpc) is 2.90. The van der Waals surface area contributed by atoms with E-state index < -0.39 is 0 Å². The van der Waals surface area contributed by atoms with Gasteiger partial charge in [0.05, 0.1) is 0 Å². The number of nitrogens with one attached hydrogen (secondary N) is 1. The Labute approximate surface area is 203 Å². The van der Waals surface area contributed by atoms with Gasteiger partial charge in [0.2, 0.25) is 0 Å².